The molecule has 0 aromatic heterocycles. The second-order valence-electron chi connectivity index (χ2n) is 5.22. The van der Waals surface area contributed by atoms with E-state index in [1.54, 1.807) is 0 Å². The van der Waals surface area contributed by atoms with Gasteiger partial charge in [-0.3, -0.25) is 11.3 Å². The zero-order valence-corrected chi connectivity index (χ0v) is 11.8. The van der Waals surface area contributed by atoms with Crippen LogP contribution in [0.25, 0.3) is 0 Å². The maximum Gasteiger partial charge on any atom is 0.0490 e. The predicted octanol–water partition coefficient (Wildman–Crippen LogP) is 3.55. The minimum atomic E-state index is 0.260. The Morgan fingerprint density at radius 1 is 1.18 bits per heavy atom. The monoisotopic (exact) mass is 234 g/mol. The number of aryl methyl sites for hydroxylation is 3. The lowest BCUT2D eigenvalue weighted by Crippen LogP contribution is -2.33. The summed E-state index contributed by atoms with van der Waals surface area (Å²) in [4.78, 5) is 0. The van der Waals surface area contributed by atoms with Gasteiger partial charge in [-0.1, -0.05) is 38.0 Å². The molecule has 0 spiro atoms. The van der Waals surface area contributed by atoms with E-state index in [4.69, 9.17) is 5.84 Å². The molecule has 2 nitrogen and oxygen atoms in total. The topological polar surface area (TPSA) is 38.0 Å². The Hall–Kier alpha value is -0.860. The highest BCUT2D eigenvalue weighted by molar-refractivity contribution is 5.39. The van der Waals surface area contributed by atoms with Gasteiger partial charge in [0, 0.05) is 6.04 Å². The summed E-state index contributed by atoms with van der Waals surface area (Å²) in [6.07, 6.45) is 2.39. The third-order valence-corrected chi connectivity index (χ3v) is 3.54. The van der Waals surface area contributed by atoms with Gasteiger partial charge < -0.3 is 0 Å². The average Bonchev–Trinajstić information content (AvgIpc) is 2.23. The lowest BCUT2D eigenvalue weighted by Gasteiger charge is -2.27. The second-order valence-corrected chi connectivity index (χ2v) is 5.22. The molecule has 1 aromatic carbocycles. The Morgan fingerprint density at radius 2 is 1.71 bits per heavy atom. The van der Waals surface area contributed by atoms with Crippen molar-refractivity contribution in [2.45, 2.75) is 53.5 Å². The fraction of sp³-hybridized carbons (Fsp3) is 0.600. The molecule has 96 valence electrons. The van der Waals surface area contributed by atoms with Crippen LogP contribution in [0.15, 0.2) is 12.1 Å². The van der Waals surface area contributed by atoms with Crippen molar-refractivity contribution in [2.24, 2.45) is 11.8 Å². The number of hydrazine groups is 1. The van der Waals surface area contributed by atoms with Crippen molar-refractivity contribution in [1.82, 2.24) is 5.43 Å². The van der Waals surface area contributed by atoms with E-state index >= 15 is 0 Å². The number of nitrogens with two attached hydrogens (primary N) is 1. The Balaban J connectivity index is 3.11. The number of hydrogen-bond donors (Lipinski definition) is 2. The predicted molar refractivity (Wildman–Crippen MR) is 74.8 cm³/mol. The molecule has 0 saturated carbocycles. The molecule has 1 rings (SSSR count). The first-order valence-corrected chi connectivity index (χ1v) is 6.55. The molecule has 0 radical (unpaired) electrons. The Labute approximate surface area is 106 Å². The van der Waals surface area contributed by atoms with Crippen LogP contribution in [-0.4, -0.2) is 0 Å². The molecule has 2 atom stereocenters. The second kappa shape index (κ2) is 6.18. The lowest BCUT2D eigenvalue weighted by atomic mass is 9.86. The molecule has 0 bridgehead atoms. The van der Waals surface area contributed by atoms with Crippen LogP contribution in [0.5, 0.6) is 0 Å². The highest BCUT2D eigenvalue weighted by atomic mass is 15.2. The minimum Gasteiger partial charge on any atom is -0.271 e. The molecular weight excluding hydrogens is 208 g/mol. The van der Waals surface area contributed by atoms with E-state index in [0.29, 0.717) is 5.92 Å². The molecule has 0 saturated heterocycles. The van der Waals surface area contributed by atoms with Gasteiger partial charge in [-0.15, -0.1) is 0 Å². The Kier molecular flexibility index (Phi) is 5.16. The molecule has 17 heavy (non-hydrogen) atoms. The number of rotatable bonds is 5. The molecule has 0 heterocycles. The van der Waals surface area contributed by atoms with E-state index in [1.165, 1.54) is 35.1 Å². The van der Waals surface area contributed by atoms with Crippen LogP contribution in [0.3, 0.4) is 0 Å². The number of hydrogen-bond acceptors (Lipinski definition) is 2. The van der Waals surface area contributed by atoms with E-state index < -0.39 is 0 Å². The standard InChI is InChI=1S/C15H26N2/c1-6-7-11(3)15(17-16)14-12(4)8-10(2)9-13(14)5/h8-9,11,15,17H,6-7,16H2,1-5H3. The minimum absolute atomic E-state index is 0.260. The Morgan fingerprint density at radius 3 is 2.12 bits per heavy atom. The van der Waals surface area contributed by atoms with Gasteiger partial charge in [-0.05, 0) is 49.8 Å². The first-order chi connectivity index (χ1) is 8.01. The van der Waals surface area contributed by atoms with E-state index in [1.807, 2.05) is 0 Å². The van der Waals surface area contributed by atoms with E-state index in [-0.39, 0.29) is 6.04 Å². The van der Waals surface area contributed by atoms with Crippen LogP contribution < -0.4 is 11.3 Å². The summed E-state index contributed by atoms with van der Waals surface area (Å²) in [6, 6.07) is 4.74. The van der Waals surface area contributed by atoms with Gasteiger partial charge in [-0.2, -0.15) is 0 Å². The summed E-state index contributed by atoms with van der Waals surface area (Å²) in [6.45, 7) is 11.0. The maximum atomic E-state index is 5.76. The summed E-state index contributed by atoms with van der Waals surface area (Å²) in [5.74, 6) is 6.32. The van der Waals surface area contributed by atoms with Gasteiger partial charge in [0.15, 0.2) is 0 Å². The van der Waals surface area contributed by atoms with E-state index in [9.17, 15) is 0 Å². The largest absolute Gasteiger partial charge is 0.271 e. The quantitative estimate of drug-likeness (QED) is 0.604. The zero-order chi connectivity index (χ0) is 13.0. The number of benzene rings is 1. The van der Waals surface area contributed by atoms with Crippen molar-refractivity contribution in [1.29, 1.82) is 0 Å². The highest BCUT2D eigenvalue weighted by Gasteiger charge is 2.20. The van der Waals surface area contributed by atoms with Crippen LogP contribution in [-0.2, 0) is 0 Å². The van der Waals surface area contributed by atoms with Gasteiger partial charge in [-0.25, -0.2) is 0 Å². The number of nitrogens with one attached hydrogen (secondary N) is 1. The van der Waals surface area contributed by atoms with Gasteiger partial charge in [0.2, 0.25) is 0 Å². The van der Waals surface area contributed by atoms with Crippen molar-refractivity contribution >= 4 is 0 Å². The molecule has 0 aliphatic heterocycles. The van der Waals surface area contributed by atoms with Crippen molar-refractivity contribution < 1.29 is 0 Å². The summed E-state index contributed by atoms with van der Waals surface area (Å²) in [5.41, 5.74) is 8.38. The van der Waals surface area contributed by atoms with Gasteiger partial charge in [0.1, 0.15) is 0 Å². The molecule has 2 heteroatoms. The first-order valence-electron chi connectivity index (χ1n) is 6.55. The normalized spacial score (nSPS) is 14.7. The fourth-order valence-electron chi connectivity index (χ4n) is 2.84. The third-order valence-electron chi connectivity index (χ3n) is 3.54. The lowest BCUT2D eigenvalue weighted by molar-refractivity contribution is 0.366. The fourth-order valence-corrected chi connectivity index (χ4v) is 2.84. The van der Waals surface area contributed by atoms with Gasteiger partial charge in [0.25, 0.3) is 0 Å². The van der Waals surface area contributed by atoms with Crippen LogP contribution in [0.4, 0.5) is 0 Å². The highest BCUT2D eigenvalue weighted by Crippen LogP contribution is 2.30. The summed E-state index contributed by atoms with van der Waals surface area (Å²) < 4.78 is 0. The van der Waals surface area contributed by atoms with Crippen LogP contribution >= 0.6 is 0 Å². The third kappa shape index (κ3) is 3.30. The van der Waals surface area contributed by atoms with E-state index in [2.05, 4.69) is 52.2 Å². The molecule has 1 aromatic rings. The van der Waals surface area contributed by atoms with Gasteiger partial charge in [0.05, 0.1) is 0 Å². The Bertz CT molecular complexity index is 348. The molecule has 2 unspecified atom stereocenters. The summed E-state index contributed by atoms with van der Waals surface area (Å²) in [5, 5.41) is 0. The van der Waals surface area contributed by atoms with Crippen molar-refractivity contribution in [3.63, 3.8) is 0 Å². The SMILES string of the molecule is CCCC(C)C(NN)c1c(C)cc(C)cc1C. The van der Waals surface area contributed by atoms with E-state index in [0.717, 1.165) is 0 Å². The van der Waals surface area contributed by atoms with Crippen molar-refractivity contribution in [3.8, 4) is 0 Å². The molecule has 0 aliphatic rings. The molecule has 0 aliphatic carbocycles. The summed E-state index contributed by atoms with van der Waals surface area (Å²) >= 11 is 0. The van der Waals surface area contributed by atoms with Gasteiger partial charge >= 0.3 is 0 Å². The van der Waals surface area contributed by atoms with Crippen molar-refractivity contribution in [2.75, 3.05) is 0 Å². The molecule has 0 fully saturated rings. The van der Waals surface area contributed by atoms with Crippen LogP contribution in [0, 0.1) is 26.7 Å². The smallest absolute Gasteiger partial charge is 0.0490 e. The molecule has 3 N–H and O–H groups in total. The molecular formula is C15H26N2. The molecule has 0 amide bonds. The van der Waals surface area contributed by atoms with Crippen molar-refractivity contribution in [3.05, 3.63) is 34.4 Å². The first kappa shape index (κ1) is 14.2. The van der Waals surface area contributed by atoms with Crippen LogP contribution in [0.1, 0.15) is 55.0 Å². The zero-order valence-electron chi connectivity index (χ0n) is 11.8. The summed E-state index contributed by atoms with van der Waals surface area (Å²) in [7, 11) is 0. The van der Waals surface area contributed by atoms with Crippen LogP contribution in [0.2, 0.25) is 0 Å². The maximum absolute atomic E-state index is 5.76. The average molecular weight is 234 g/mol.